The van der Waals surface area contributed by atoms with Crippen LogP contribution in [0.15, 0.2) is 24.3 Å². The van der Waals surface area contributed by atoms with Crippen LogP contribution in [0, 0.1) is 0 Å². The van der Waals surface area contributed by atoms with E-state index in [0.29, 0.717) is 5.56 Å². The third-order valence-corrected chi connectivity index (χ3v) is 3.56. The maximum absolute atomic E-state index is 11.3. The Morgan fingerprint density at radius 3 is 2.32 bits per heavy atom. The standard InChI is InChI=1S/C18H24O4/c1-2-3-4-5-6-7-8-9-11-14-12-10-13-15(17(19)20)16(14)18(21)22/h9-13H,2-8H2,1H3,(H,19,20)(H,21,22)/b11-9+. The number of carbonyl (C=O) groups is 2. The Balaban J connectivity index is 2.62. The van der Waals surface area contributed by atoms with Crippen molar-refractivity contribution in [3.63, 3.8) is 0 Å². The third-order valence-electron chi connectivity index (χ3n) is 3.56. The fraction of sp³-hybridized carbons (Fsp3) is 0.444. The van der Waals surface area contributed by atoms with Crippen LogP contribution in [0.1, 0.15) is 78.1 Å². The van der Waals surface area contributed by atoms with Crippen molar-refractivity contribution in [2.45, 2.75) is 51.9 Å². The number of hydrogen-bond acceptors (Lipinski definition) is 2. The zero-order chi connectivity index (χ0) is 16.4. The van der Waals surface area contributed by atoms with E-state index >= 15 is 0 Å². The van der Waals surface area contributed by atoms with Crippen LogP contribution in [0.4, 0.5) is 0 Å². The van der Waals surface area contributed by atoms with Gasteiger partial charge in [0, 0.05) is 0 Å². The van der Waals surface area contributed by atoms with Crippen LogP contribution >= 0.6 is 0 Å². The van der Waals surface area contributed by atoms with Crippen LogP contribution in [0.5, 0.6) is 0 Å². The summed E-state index contributed by atoms with van der Waals surface area (Å²) in [5.41, 5.74) is 0.127. The first-order valence-corrected chi connectivity index (χ1v) is 7.84. The first kappa shape index (κ1) is 18.0. The molecule has 0 unspecified atom stereocenters. The predicted molar refractivity (Wildman–Crippen MR) is 87.4 cm³/mol. The van der Waals surface area contributed by atoms with Gasteiger partial charge in [0.2, 0.25) is 0 Å². The molecule has 0 amide bonds. The second-order valence-electron chi connectivity index (χ2n) is 5.34. The van der Waals surface area contributed by atoms with Gasteiger partial charge >= 0.3 is 11.9 Å². The zero-order valence-electron chi connectivity index (χ0n) is 13.0. The van der Waals surface area contributed by atoms with Gasteiger partial charge in [-0.15, -0.1) is 0 Å². The second kappa shape index (κ2) is 9.77. The first-order valence-electron chi connectivity index (χ1n) is 7.84. The summed E-state index contributed by atoms with van der Waals surface area (Å²) >= 11 is 0. The van der Waals surface area contributed by atoms with Crippen molar-refractivity contribution in [1.82, 2.24) is 0 Å². The zero-order valence-corrected chi connectivity index (χ0v) is 13.0. The van der Waals surface area contributed by atoms with E-state index in [1.54, 1.807) is 18.2 Å². The minimum Gasteiger partial charge on any atom is -0.478 e. The van der Waals surface area contributed by atoms with E-state index in [9.17, 15) is 14.7 Å². The van der Waals surface area contributed by atoms with Crippen LogP contribution < -0.4 is 0 Å². The van der Waals surface area contributed by atoms with E-state index in [-0.39, 0.29) is 11.1 Å². The molecule has 0 spiro atoms. The molecule has 0 saturated heterocycles. The summed E-state index contributed by atoms with van der Waals surface area (Å²) in [7, 11) is 0. The van der Waals surface area contributed by atoms with Crippen molar-refractivity contribution in [3.8, 4) is 0 Å². The number of carboxylic acid groups (broad SMARTS) is 2. The molecule has 0 atom stereocenters. The lowest BCUT2D eigenvalue weighted by Gasteiger charge is -2.05. The summed E-state index contributed by atoms with van der Waals surface area (Å²) in [6, 6.07) is 4.52. The molecule has 0 aliphatic carbocycles. The Hall–Kier alpha value is -2.10. The maximum Gasteiger partial charge on any atom is 0.337 e. The molecular weight excluding hydrogens is 280 g/mol. The lowest BCUT2D eigenvalue weighted by molar-refractivity contribution is 0.0651. The van der Waals surface area contributed by atoms with Crippen molar-refractivity contribution < 1.29 is 19.8 Å². The molecule has 22 heavy (non-hydrogen) atoms. The van der Waals surface area contributed by atoms with E-state index in [2.05, 4.69) is 6.92 Å². The van der Waals surface area contributed by atoms with Crippen LogP contribution in [0.25, 0.3) is 6.08 Å². The minimum absolute atomic E-state index is 0.144. The maximum atomic E-state index is 11.3. The van der Waals surface area contributed by atoms with Gasteiger partial charge in [0.25, 0.3) is 0 Å². The molecule has 2 N–H and O–H groups in total. The molecule has 0 saturated carbocycles. The van der Waals surface area contributed by atoms with E-state index in [4.69, 9.17) is 5.11 Å². The van der Waals surface area contributed by atoms with E-state index in [0.717, 1.165) is 12.8 Å². The quantitative estimate of drug-likeness (QED) is 0.606. The molecule has 0 heterocycles. The van der Waals surface area contributed by atoms with Gasteiger partial charge in [0.1, 0.15) is 0 Å². The fourth-order valence-corrected chi connectivity index (χ4v) is 2.38. The summed E-state index contributed by atoms with van der Waals surface area (Å²) in [5, 5.41) is 18.3. The van der Waals surface area contributed by atoms with Crippen LogP contribution in [-0.4, -0.2) is 22.2 Å². The number of unbranched alkanes of at least 4 members (excludes halogenated alkanes) is 6. The van der Waals surface area contributed by atoms with Crippen LogP contribution in [0.3, 0.4) is 0 Å². The Labute approximate surface area is 131 Å². The van der Waals surface area contributed by atoms with Crippen molar-refractivity contribution in [2.75, 3.05) is 0 Å². The molecule has 4 nitrogen and oxygen atoms in total. The molecule has 120 valence electrons. The number of benzene rings is 1. The molecule has 1 aromatic carbocycles. The largest absolute Gasteiger partial charge is 0.478 e. The molecule has 1 rings (SSSR count). The molecule has 0 radical (unpaired) electrons. The van der Waals surface area contributed by atoms with Gasteiger partial charge in [-0.1, -0.05) is 63.3 Å². The van der Waals surface area contributed by atoms with E-state index in [1.165, 1.54) is 38.2 Å². The van der Waals surface area contributed by atoms with E-state index < -0.39 is 11.9 Å². The van der Waals surface area contributed by atoms with Crippen molar-refractivity contribution >= 4 is 18.0 Å². The predicted octanol–water partition coefficient (Wildman–Crippen LogP) is 4.85. The topological polar surface area (TPSA) is 74.6 Å². The lowest BCUT2D eigenvalue weighted by Crippen LogP contribution is -2.09. The van der Waals surface area contributed by atoms with Gasteiger partial charge in [-0.05, 0) is 24.5 Å². The van der Waals surface area contributed by atoms with Crippen molar-refractivity contribution in [1.29, 1.82) is 0 Å². The number of aromatic carboxylic acids is 2. The van der Waals surface area contributed by atoms with Gasteiger partial charge < -0.3 is 10.2 Å². The monoisotopic (exact) mass is 304 g/mol. The highest BCUT2D eigenvalue weighted by atomic mass is 16.4. The smallest absolute Gasteiger partial charge is 0.337 e. The molecule has 4 heteroatoms. The summed E-state index contributed by atoms with van der Waals surface area (Å²) in [5.74, 6) is -2.43. The van der Waals surface area contributed by atoms with Gasteiger partial charge in [0.05, 0.1) is 11.1 Å². The molecule has 0 bridgehead atoms. The number of hydrogen-bond donors (Lipinski definition) is 2. The number of allylic oxidation sites excluding steroid dienone is 1. The normalized spacial score (nSPS) is 11.0. The SMILES string of the molecule is CCCCCCCC/C=C/c1cccc(C(=O)O)c1C(=O)O. The Bertz CT molecular complexity index is 532. The number of carboxylic acids is 2. The summed E-state index contributed by atoms with van der Waals surface area (Å²) in [6.45, 7) is 2.19. The highest BCUT2D eigenvalue weighted by molar-refractivity contribution is 6.04. The number of rotatable bonds is 10. The van der Waals surface area contributed by atoms with Crippen LogP contribution in [-0.2, 0) is 0 Å². The molecule has 0 aromatic heterocycles. The highest BCUT2D eigenvalue weighted by Gasteiger charge is 2.18. The van der Waals surface area contributed by atoms with Crippen molar-refractivity contribution in [2.24, 2.45) is 0 Å². The average molecular weight is 304 g/mol. The van der Waals surface area contributed by atoms with Gasteiger partial charge in [-0.25, -0.2) is 9.59 Å². The summed E-state index contributed by atoms with van der Waals surface area (Å²) < 4.78 is 0. The Morgan fingerprint density at radius 2 is 1.68 bits per heavy atom. The van der Waals surface area contributed by atoms with Gasteiger partial charge in [-0.2, -0.15) is 0 Å². The fourth-order valence-electron chi connectivity index (χ4n) is 2.38. The Morgan fingerprint density at radius 1 is 1.00 bits per heavy atom. The van der Waals surface area contributed by atoms with E-state index in [1.807, 2.05) is 6.08 Å². The summed E-state index contributed by atoms with van der Waals surface area (Å²) in [4.78, 5) is 22.4. The van der Waals surface area contributed by atoms with Gasteiger partial charge in [0.15, 0.2) is 0 Å². The summed E-state index contributed by atoms with van der Waals surface area (Å²) in [6.07, 6.45) is 11.8. The first-order chi connectivity index (χ1) is 10.6. The molecule has 1 aromatic rings. The molecule has 0 aliphatic rings. The molecule has 0 fully saturated rings. The Kier molecular flexibility index (Phi) is 7.97. The second-order valence-corrected chi connectivity index (χ2v) is 5.34. The highest BCUT2D eigenvalue weighted by Crippen LogP contribution is 2.18. The van der Waals surface area contributed by atoms with Gasteiger partial charge in [-0.3, -0.25) is 0 Å². The third kappa shape index (κ3) is 5.72. The van der Waals surface area contributed by atoms with Crippen molar-refractivity contribution in [3.05, 3.63) is 41.0 Å². The van der Waals surface area contributed by atoms with Crippen LogP contribution in [0.2, 0.25) is 0 Å². The minimum atomic E-state index is -1.22. The lowest BCUT2D eigenvalue weighted by atomic mass is 10.00. The molecule has 0 aliphatic heterocycles. The average Bonchev–Trinajstić information content (AvgIpc) is 2.49. The molecular formula is C18H24O4.